The summed E-state index contributed by atoms with van der Waals surface area (Å²) in [7, 11) is 3.35. The van der Waals surface area contributed by atoms with Crippen molar-refractivity contribution in [3.8, 4) is 5.88 Å². The number of rotatable bonds is 2. The number of hydrogen-bond donors (Lipinski definition) is 1. The van der Waals surface area contributed by atoms with E-state index in [1.165, 1.54) is 0 Å². The Morgan fingerprint density at radius 1 is 1.80 bits per heavy atom. The van der Waals surface area contributed by atoms with Gasteiger partial charge in [-0.25, -0.2) is 0 Å². The molecule has 0 fully saturated rings. The number of hydrogen-bond acceptors (Lipinski definition) is 3. The van der Waals surface area contributed by atoms with E-state index < -0.39 is 0 Å². The molecule has 10 heavy (non-hydrogen) atoms. The van der Waals surface area contributed by atoms with Crippen molar-refractivity contribution in [1.82, 2.24) is 9.55 Å². The van der Waals surface area contributed by atoms with Crippen LogP contribution in [-0.2, 0) is 13.7 Å². The Labute approximate surface area is 59.1 Å². The highest BCUT2D eigenvalue weighted by atomic mass is 16.5. The molecule has 0 bridgehead atoms. The Balaban J connectivity index is 2.92. The summed E-state index contributed by atoms with van der Waals surface area (Å²) in [6, 6.07) is 0. The predicted molar refractivity (Wildman–Crippen MR) is 35.7 cm³/mol. The van der Waals surface area contributed by atoms with Crippen LogP contribution in [0.2, 0.25) is 0 Å². The summed E-state index contributed by atoms with van der Waals surface area (Å²) in [6.07, 6.45) is 1.71. The van der Waals surface area contributed by atoms with Crippen LogP contribution in [0.25, 0.3) is 0 Å². The fraction of sp³-hybridized carbons (Fsp3) is 0.500. The van der Waals surface area contributed by atoms with Crippen LogP contribution < -0.4 is 4.74 Å². The number of aryl methyl sites for hydroxylation is 1. The Morgan fingerprint density at radius 2 is 2.50 bits per heavy atom. The molecule has 4 nitrogen and oxygen atoms in total. The molecule has 1 rings (SSSR count). The highest BCUT2D eigenvalue weighted by Crippen LogP contribution is 2.07. The summed E-state index contributed by atoms with van der Waals surface area (Å²) in [5, 5.41) is 8.69. The van der Waals surface area contributed by atoms with Crippen molar-refractivity contribution in [3.63, 3.8) is 0 Å². The summed E-state index contributed by atoms with van der Waals surface area (Å²) in [5.74, 6) is 1.14. The number of aliphatic hydroxyl groups excluding tert-OH is 1. The van der Waals surface area contributed by atoms with Crippen LogP contribution in [0.15, 0.2) is 6.20 Å². The van der Waals surface area contributed by atoms with Gasteiger partial charge in [0.2, 0.25) is 5.88 Å². The molecule has 0 atom stereocenters. The average Bonchev–Trinajstić information content (AvgIpc) is 2.30. The fourth-order valence-corrected chi connectivity index (χ4v) is 0.720. The van der Waals surface area contributed by atoms with Crippen molar-refractivity contribution in [2.75, 3.05) is 7.11 Å². The summed E-state index contributed by atoms with van der Waals surface area (Å²) >= 11 is 0. The van der Waals surface area contributed by atoms with E-state index in [-0.39, 0.29) is 6.61 Å². The highest BCUT2D eigenvalue weighted by molar-refractivity contribution is 5.08. The van der Waals surface area contributed by atoms with E-state index in [2.05, 4.69) is 4.98 Å². The third-order valence-corrected chi connectivity index (χ3v) is 1.30. The van der Waals surface area contributed by atoms with E-state index in [9.17, 15) is 0 Å². The SMILES string of the molecule is COc1cn(C)c(CO)n1. The molecule has 0 spiro atoms. The van der Waals surface area contributed by atoms with Gasteiger partial charge in [-0.2, -0.15) is 4.98 Å². The minimum atomic E-state index is -0.0557. The molecule has 1 aromatic rings. The van der Waals surface area contributed by atoms with Gasteiger partial charge in [0.1, 0.15) is 12.4 Å². The first-order chi connectivity index (χ1) is 4.77. The van der Waals surface area contributed by atoms with Crippen LogP contribution in [0, 0.1) is 0 Å². The summed E-state index contributed by atoms with van der Waals surface area (Å²) in [6.45, 7) is -0.0557. The maximum Gasteiger partial charge on any atom is 0.231 e. The van der Waals surface area contributed by atoms with E-state index >= 15 is 0 Å². The maximum absolute atomic E-state index is 8.69. The zero-order valence-corrected chi connectivity index (χ0v) is 6.03. The van der Waals surface area contributed by atoms with Gasteiger partial charge in [0.25, 0.3) is 0 Å². The second-order valence-corrected chi connectivity index (χ2v) is 1.97. The molecule has 0 amide bonds. The number of nitrogens with zero attached hydrogens (tertiary/aromatic N) is 2. The van der Waals surface area contributed by atoms with Crippen LogP contribution in [0.4, 0.5) is 0 Å². The van der Waals surface area contributed by atoms with Gasteiger partial charge in [0.05, 0.1) is 13.3 Å². The summed E-state index contributed by atoms with van der Waals surface area (Å²) in [5.41, 5.74) is 0. The second kappa shape index (κ2) is 2.70. The third kappa shape index (κ3) is 1.11. The molecule has 0 aliphatic heterocycles. The van der Waals surface area contributed by atoms with Gasteiger partial charge in [-0.15, -0.1) is 0 Å². The van der Waals surface area contributed by atoms with E-state index in [0.29, 0.717) is 11.7 Å². The summed E-state index contributed by atoms with van der Waals surface area (Å²) in [4.78, 5) is 3.94. The molecular weight excluding hydrogens is 132 g/mol. The van der Waals surface area contributed by atoms with Crippen LogP contribution in [-0.4, -0.2) is 21.8 Å². The Bertz CT molecular complexity index is 220. The minimum Gasteiger partial charge on any atom is -0.480 e. The molecule has 0 saturated heterocycles. The predicted octanol–water partition coefficient (Wildman–Crippen LogP) is -0.0790. The number of aromatic nitrogens is 2. The van der Waals surface area contributed by atoms with Gasteiger partial charge in [0.15, 0.2) is 0 Å². The van der Waals surface area contributed by atoms with Crippen molar-refractivity contribution < 1.29 is 9.84 Å². The Hall–Kier alpha value is -1.03. The van der Waals surface area contributed by atoms with Crippen molar-refractivity contribution in [2.45, 2.75) is 6.61 Å². The van der Waals surface area contributed by atoms with Gasteiger partial charge in [-0.05, 0) is 0 Å². The molecule has 0 saturated carbocycles. The number of imidazole rings is 1. The first kappa shape index (κ1) is 7.08. The van der Waals surface area contributed by atoms with Crippen molar-refractivity contribution in [1.29, 1.82) is 0 Å². The van der Waals surface area contributed by atoms with Gasteiger partial charge in [-0.3, -0.25) is 0 Å². The number of methoxy groups -OCH3 is 1. The first-order valence-corrected chi connectivity index (χ1v) is 2.95. The third-order valence-electron chi connectivity index (χ3n) is 1.30. The molecule has 4 heteroatoms. The Kier molecular flexibility index (Phi) is 1.91. The van der Waals surface area contributed by atoms with Gasteiger partial charge >= 0.3 is 0 Å². The zero-order valence-electron chi connectivity index (χ0n) is 6.03. The van der Waals surface area contributed by atoms with Crippen molar-refractivity contribution in [3.05, 3.63) is 12.0 Å². The van der Waals surface area contributed by atoms with Gasteiger partial charge in [0, 0.05) is 7.05 Å². The largest absolute Gasteiger partial charge is 0.480 e. The normalized spacial score (nSPS) is 9.90. The molecule has 0 unspecified atom stereocenters. The van der Waals surface area contributed by atoms with Crippen LogP contribution in [0.1, 0.15) is 5.82 Å². The van der Waals surface area contributed by atoms with Crippen LogP contribution >= 0.6 is 0 Å². The minimum absolute atomic E-state index is 0.0557. The van der Waals surface area contributed by atoms with Crippen LogP contribution in [0.5, 0.6) is 5.88 Å². The lowest BCUT2D eigenvalue weighted by atomic mass is 10.6. The molecule has 0 aliphatic rings. The molecule has 1 aromatic heterocycles. The van der Waals surface area contributed by atoms with Crippen LogP contribution in [0.3, 0.4) is 0 Å². The van der Waals surface area contributed by atoms with Gasteiger partial charge < -0.3 is 14.4 Å². The lowest BCUT2D eigenvalue weighted by Gasteiger charge is -1.91. The standard InChI is InChI=1S/C6H10N2O2/c1-8-3-6(10-2)7-5(8)4-9/h3,9H,4H2,1-2H3. The molecule has 0 aliphatic carbocycles. The average molecular weight is 142 g/mol. The molecule has 1 heterocycles. The van der Waals surface area contributed by atoms with Crippen molar-refractivity contribution in [2.24, 2.45) is 7.05 Å². The number of aliphatic hydroxyl groups is 1. The quantitative estimate of drug-likeness (QED) is 0.628. The maximum atomic E-state index is 8.69. The molecule has 0 radical (unpaired) electrons. The second-order valence-electron chi connectivity index (χ2n) is 1.97. The van der Waals surface area contributed by atoms with E-state index in [4.69, 9.17) is 9.84 Å². The van der Waals surface area contributed by atoms with E-state index in [1.54, 1.807) is 24.9 Å². The van der Waals surface area contributed by atoms with Gasteiger partial charge in [-0.1, -0.05) is 0 Å². The smallest absolute Gasteiger partial charge is 0.231 e. The molecule has 0 aromatic carbocycles. The first-order valence-electron chi connectivity index (χ1n) is 2.95. The fourth-order valence-electron chi connectivity index (χ4n) is 0.720. The summed E-state index contributed by atoms with van der Waals surface area (Å²) < 4.78 is 6.56. The topological polar surface area (TPSA) is 47.3 Å². The number of ether oxygens (including phenoxy) is 1. The van der Waals surface area contributed by atoms with E-state index in [0.717, 1.165) is 0 Å². The molecular formula is C6H10N2O2. The van der Waals surface area contributed by atoms with E-state index in [1.807, 2.05) is 0 Å². The molecule has 56 valence electrons. The highest BCUT2D eigenvalue weighted by Gasteiger charge is 2.01. The monoisotopic (exact) mass is 142 g/mol. The zero-order chi connectivity index (χ0) is 7.56. The Morgan fingerprint density at radius 3 is 2.80 bits per heavy atom. The molecule has 1 N–H and O–H groups in total. The van der Waals surface area contributed by atoms with Crippen molar-refractivity contribution >= 4 is 0 Å². The lowest BCUT2D eigenvalue weighted by Crippen LogP contribution is -1.94. The lowest BCUT2D eigenvalue weighted by molar-refractivity contribution is 0.266.